The monoisotopic (exact) mass is 564 g/mol. The smallest absolute Gasteiger partial charge is 0.273 e. The fraction of sp³-hybridized carbons (Fsp3) is 0.121. The van der Waals surface area contributed by atoms with Gasteiger partial charge in [0.25, 0.3) is 5.56 Å². The highest BCUT2D eigenvalue weighted by atomic mass is 16.5. The van der Waals surface area contributed by atoms with E-state index in [0.29, 0.717) is 50.7 Å². The van der Waals surface area contributed by atoms with Crippen molar-refractivity contribution in [1.82, 2.24) is 9.55 Å². The Morgan fingerprint density at radius 1 is 0.714 bits per heavy atom. The number of H-pyrrole nitrogens is 1. The molecule has 0 fully saturated rings. The maximum atomic E-state index is 14.1. The van der Waals surface area contributed by atoms with Crippen molar-refractivity contribution in [2.75, 3.05) is 21.3 Å². The number of hydrogen-bond donors (Lipinski definition) is 4. The summed E-state index contributed by atoms with van der Waals surface area (Å²) in [6.07, 6.45) is 0. The molecule has 0 aliphatic carbocycles. The standard InChI is InChI=1S/C33H28N2O7/c1-40-26-13-19(9-11-23(26)36)29-30-21-15-28(42-3)25(38)16-22(21)35(17-18-7-5-4-6-8-18)32(30)33(39)34-31(29)20-10-12-24(37)27(14-20)41-2/h4-16,36-38H,17H2,1-3H3,(H,34,39). The van der Waals surface area contributed by atoms with Crippen molar-refractivity contribution in [3.8, 4) is 56.9 Å². The molecule has 6 aromatic rings. The predicted octanol–water partition coefficient (Wildman–Crippen LogP) is 6.01. The number of nitrogens with zero attached hydrogens (tertiary/aromatic N) is 1. The number of nitrogens with one attached hydrogen (secondary N) is 1. The normalized spacial score (nSPS) is 11.2. The molecule has 0 saturated carbocycles. The molecule has 2 heterocycles. The summed E-state index contributed by atoms with van der Waals surface area (Å²) >= 11 is 0. The Balaban J connectivity index is 1.81. The van der Waals surface area contributed by atoms with Crippen LogP contribution in [0.25, 0.3) is 44.2 Å². The number of rotatable bonds is 7. The number of phenols is 3. The molecule has 2 aromatic heterocycles. The molecule has 0 saturated heterocycles. The quantitative estimate of drug-likeness (QED) is 0.187. The number of pyridine rings is 1. The first-order valence-electron chi connectivity index (χ1n) is 13.1. The van der Waals surface area contributed by atoms with Gasteiger partial charge in [0.2, 0.25) is 0 Å². The number of phenolic OH excluding ortho intramolecular Hbond substituents is 3. The summed E-state index contributed by atoms with van der Waals surface area (Å²) in [6.45, 7) is 0.362. The van der Waals surface area contributed by atoms with Crippen LogP contribution in [0.5, 0.6) is 34.5 Å². The number of benzene rings is 4. The van der Waals surface area contributed by atoms with Crippen LogP contribution in [0.3, 0.4) is 0 Å². The van der Waals surface area contributed by atoms with Crippen LogP contribution in [0.2, 0.25) is 0 Å². The van der Waals surface area contributed by atoms with Gasteiger partial charge in [-0.3, -0.25) is 4.79 Å². The first-order valence-corrected chi connectivity index (χ1v) is 13.1. The van der Waals surface area contributed by atoms with Gasteiger partial charge in [-0.25, -0.2) is 0 Å². The third-order valence-corrected chi connectivity index (χ3v) is 7.44. The van der Waals surface area contributed by atoms with Gasteiger partial charge in [-0.05, 0) is 47.5 Å². The second-order valence-electron chi connectivity index (χ2n) is 9.81. The van der Waals surface area contributed by atoms with E-state index in [1.807, 2.05) is 34.9 Å². The number of methoxy groups -OCH3 is 3. The van der Waals surface area contributed by atoms with E-state index >= 15 is 0 Å². The van der Waals surface area contributed by atoms with Crippen molar-refractivity contribution < 1.29 is 29.5 Å². The lowest BCUT2D eigenvalue weighted by molar-refractivity contribution is 0.373. The summed E-state index contributed by atoms with van der Waals surface area (Å²) in [5.41, 5.74) is 3.96. The number of aromatic amines is 1. The molecule has 0 atom stereocenters. The Kier molecular flexibility index (Phi) is 6.62. The molecule has 212 valence electrons. The van der Waals surface area contributed by atoms with Crippen LogP contribution in [0.4, 0.5) is 0 Å². The molecule has 0 radical (unpaired) electrons. The van der Waals surface area contributed by atoms with E-state index in [0.717, 1.165) is 5.56 Å². The maximum Gasteiger partial charge on any atom is 0.273 e. The first kappa shape index (κ1) is 26.6. The molecule has 0 spiro atoms. The predicted molar refractivity (Wildman–Crippen MR) is 161 cm³/mol. The molecule has 0 aliphatic rings. The first-order chi connectivity index (χ1) is 20.3. The van der Waals surface area contributed by atoms with Gasteiger partial charge in [0, 0.05) is 34.5 Å². The summed E-state index contributed by atoms with van der Waals surface area (Å²) < 4.78 is 18.1. The molecule has 9 nitrogen and oxygen atoms in total. The van der Waals surface area contributed by atoms with Gasteiger partial charge in [-0.2, -0.15) is 0 Å². The van der Waals surface area contributed by atoms with Gasteiger partial charge in [0.15, 0.2) is 34.5 Å². The van der Waals surface area contributed by atoms with Crippen molar-refractivity contribution in [2.24, 2.45) is 0 Å². The third kappa shape index (κ3) is 4.32. The molecule has 4 aromatic carbocycles. The maximum absolute atomic E-state index is 14.1. The van der Waals surface area contributed by atoms with E-state index in [1.165, 1.54) is 33.5 Å². The van der Waals surface area contributed by atoms with Gasteiger partial charge in [0.05, 0.1) is 32.5 Å². The van der Waals surface area contributed by atoms with Crippen molar-refractivity contribution >= 4 is 21.8 Å². The summed E-state index contributed by atoms with van der Waals surface area (Å²) in [5, 5.41) is 32.7. The largest absolute Gasteiger partial charge is 0.504 e. The third-order valence-electron chi connectivity index (χ3n) is 7.44. The highest BCUT2D eigenvalue weighted by molar-refractivity contribution is 6.18. The molecule has 0 unspecified atom stereocenters. The second kappa shape index (κ2) is 10.4. The SMILES string of the molecule is COc1cc(-c2[nH]c(=O)c3c(c2-c2ccc(O)c(OC)c2)c2cc(OC)c(O)cc2n3Cc2ccccc2)ccc1O. The molecule has 6 rings (SSSR count). The van der Waals surface area contributed by atoms with E-state index < -0.39 is 0 Å². The number of hydrogen-bond acceptors (Lipinski definition) is 7. The fourth-order valence-corrected chi connectivity index (χ4v) is 5.48. The fourth-order valence-electron chi connectivity index (χ4n) is 5.48. The van der Waals surface area contributed by atoms with E-state index in [2.05, 4.69) is 4.98 Å². The van der Waals surface area contributed by atoms with Crippen molar-refractivity contribution in [2.45, 2.75) is 6.54 Å². The number of fused-ring (bicyclic) bond motifs is 3. The molecule has 0 amide bonds. The minimum Gasteiger partial charge on any atom is -0.504 e. The molecule has 0 aliphatic heterocycles. The molecule has 4 N–H and O–H groups in total. The zero-order valence-electron chi connectivity index (χ0n) is 23.1. The highest BCUT2D eigenvalue weighted by Crippen LogP contribution is 2.45. The van der Waals surface area contributed by atoms with Gasteiger partial charge in [-0.1, -0.05) is 36.4 Å². The van der Waals surface area contributed by atoms with Crippen LogP contribution in [-0.2, 0) is 6.54 Å². The van der Waals surface area contributed by atoms with E-state index in [9.17, 15) is 20.1 Å². The van der Waals surface area contributed by atoms with Crippen LogP contribution in [0.15, 0.2) is 83.7 Å². The lowest BCUT2D eigenvalue weighted by atomic mass is 9.94. The van der Waals surface area contributed by atoms with Gasteiger partial charge in [0.1, 0.15) is 5.52 Å². The highest BCUT2D eigenvalue weighted by Gasteiger charge is 2.25. The number of ether oxygens (including phenoxy) is 3. The van der Waals surface area contributed by atoms with E-state index in [4.69, 9.17) is 14.2 Å². The second-order valence-corrected chi connectivity index (χ2v) is 9.81. The Labute approximate surface area is 240 Å². The molecular weight excluding hydrogens is 536 g/mol. The van der Waals surface area contributed by atoms with Crippen LogP contribution in [-0.4, -0.2) is 46.2 Å². The number of aromatic hydroxyl groups is 3. The summed E-state index contributed by atoms with van der Waals surface area (Å²) in [5.74, 6) is 0.605. The van der Waals surface area contributed by atoms with Crippen molar-refractivity contribution in [3.05, 3.63) is 94.8 Å². The topological polar surface area (TPSA) is 126 Å². The average molecular weight is 565 g/mol. The molecule has 0 bridgehead atoms. The van der Waals surface area contributed by atoms with E-state index in [1.54, 1.807) is 36.4 Å². The lowest BCUT2D eigenvalue weighted by Crippen LogP contribution is -2.14. The average Bonchev–Trinajstić information content (AvgIpc) is 3.30. The van der Waals surface area contributed by atoms with Crippen molar-refractivity contribution in [3.63, 3.8) is 0 Å². The van der Waals surface area contributed by atoms with E-state index in [-0.39, 0.29) is 40.1 Å². The minimum absolute atomic E-state index is 0.0344. The Morgan fingerprint density at radius 3 is 1.95 bits per heavy atom. The molecular formula is C33H28N2O7. The van der Waals surface area contributed by atoms with Crippen LogP contribution >= 0.6 is 0 Å². The Morgan fingerprint density at radius 2 is 1.31 bits per heavy atom. The summed E-state index contributed by atoms with van der Waals surface area (Å²) in [4.78, 5) is 17.1. The van der Waals surface area contributed by atoms with Crippen LogP contribution < -0.4 is 19.8 Å². The van der Waals surface area contributed by atoms with Crippen LogP contribution in [0, 0.1) is 0 Å². The minimum atomic E-state index is -0.355. The lowest BCUT2D eigenvalue weighted by Gasteiger charge is -2.15. The summed E-state index contributed by atoms with van der Waals surface area (Å²) in [6, 6.07) is 22.8. The van der Waals surface area contributed by atoms with Gasteiger partial charge in [-0.15, -0.1) is 0 Å². The van der Waals surface area contributed by atoms with Crippen molar-refractivity contribution in [1.29, 1.82) is 0 Å². The molecule has 42 heavy (non-hydrogen) atoms. The number of aromatic nitrogens is 2. The Bertz CT molecular complexity index is 2030. The van der Waals surface area contributed by atoms with Crippen LogP contribution in [0.1, 0.15) is 5.56 Å². The summed E-state index contributed by atoms with van der Waals surface area (Å²) in [7, 11) is 4.38. The zero-order chi connectivity index (χ0) is 29.5. The zero-order valence-corrected chi connectivity index (χ0v) is 23.1. The van der Waals surface area contributed by atoms with Gasteiger partial charge < -0.3 is 39.1 Å². The Hall–Kier alpha value is -5.57. The molecule has 9 heteroatoms. The van der Waals surface area contributed by atoms with Gasteiger partial charge >= 0.3 is 0 Å².